The normalized spacial score (nSPS) is 12.2. The molecule has 0 fully saturated rings. The van der Waals surface area contributed by atoms with Crippen LogP contribution in [0.25, 0.3) is 0 Å². The third kappa shape index (κ3) is 2.42. The summed E-state index contributed by atoms with van der Waals surface area (Å²) in [5, 5.41) is 2.96. The van der Waals surface area contributed by atoms with E-state index in [2.05, 4.69) is 10.3 Å². The summed E-state index contributed by atoms with van der Waals surface area (Å²) in [6.45, 7) is 3.56. The molecule has 94 valence electrons. The standard InChI is InChI=1S/C14H17N3O/c1-10-6-4-5-7-12(10)13(16-11(2)18)14-15-8-9-17(14)3/h4-9,13H,1-3H3,(H,16,18). The van der Waals surface area contributed by atoms with E-state index in [-0.39, 0.29) is 11.9 Å². The third-order valence-electron chi connectivity index (χ3n) is 2.96. The van der Waals surface area contributed by atoms with Crippen LogP contribution >= 0.6 is 0 Å². The van der Waals surface area contributed by atoms with Gasteiger partial charge in [-0.25, -0.2) is 4.98 Å². The SMILES string of the molecule is CC(=O)NC(c1ccccc1C)c1nccn1C. The van der Waals surface area contributed by atoms with Gasteiger partial charge in [0, 0.05) is 26.4 Å². The molecule has 0 aliphatic carbocycles. The first-order valence-electron chi connectivity index (χ1n) is 5.89. The molecule has 0 saturated heterocycles. The monoisotopic (exact) mass is 243 g/mol. The molecule has 1 atom stereocenters. The Morgan fingerprint density at radius 3 is 2.67 bits per heavy atom. The molecule has 4 nitrogen and oxygen atoms in total. The Kier molecular flexibility index (Phi) is 3.46. The minimum absolute atomic E-state index is 0.0637. The van der Waals surface area contributed by atoms with Gasteiger partial charge in [-0.15, -0.1) is 0 Å². The second kappa shape index (κ2) is 5.04. The van der Waals surface area contributed by atoms with E-state index >= 15 is 0 Å². The summed E-state index contributed by atoms with van der Waals surface area (Å²) in [6, 6.07) is 7.81. The van der Waals surface area contributed by atoms with Crippen molar-refractivity contribution in [2.24, 2.45) is 7.05 Å². The van der Waals surface area contributed by atoms with Gasteiger partial charge in [0.2, 0.25) is 5.91 Å². The van der Waals surface area contributed by atoms with Crippen molar-refractivity contribution >= 4 is 5.91 Å². The van der Waals surface area contributed by atoms with Crippen LogP contribution in [0.3, 0.4) is 0 Å². The van der Waals surface area contributed by atoms with Gasteiger partial charge in [0.15, 0.2) is 0 Å². The van der Waals surface area contributed by atoms with Crippen molar-refractivity contribution < 1.29 is 4.79 Å². The van der Waals surface area contributed by atoms with E-state index in [9.17, 15) is 4.79 Å². The summed E-state index contributed by atoms with van der Waals surface area (Å²) in [7, 11) is 1.93. The molecule has 0 aliphatic heterocycles. The van der Waals surface area contributed by atoms with Crippen LogP contribution in [0.4, 0.5) is 0 Å². The largest absolute Gasteiger partial charge is 0.342 e. The molecule has 0 saturated carbocycles. The molecule has 1 aromatic carbocycles. The fourth-order valence-electron chi connectivity index (χ4n) is 2.05. The number of rotatable bonds is 3. The smallest absolute Gasteiger partial charge is 0.217 e. The Labute approximate surface area is 107 Å². The van der Waals surface area contributed by atoms with E-state index in [0.29, 0.717) is 0 Å². The van der Waals surface area contributed by atoms with Crippen LogP contribution in [0, 0.1) is 6.92 Å². The van der Waals surface area contributed by atoms with Crippen LogP contribution in [0.15, 0.2) is 36.7 Å². The molecule has 2 aromatic rings. The molecule has 0 aliphatic rings. The highest BCUT2D eigenvalue weighted by molar-refractivity contribution is 5.74. The third-order valence-corrected chi connectivity index (χ3v) is 2.96. The Morgan fingerprint density at radius 1 is 1.39 bits per heavy atom. The number of imidazole rings is 1. The summed E-state index contributed by atoms with van der Waals surface area (Å²) in [5.74, 6) is 0.769. The first-order valence-corrected chi connectivity index (χ1v) is 5.89. The second-order valence-corrected chi connectivity index (χ2v) is 4.39. The van der Waals surface area contributed by atoms with E-state index in [1.54, 1.807) is 6.20 Å². The number of aromatic nitrogens is 2. The minimum atomic E-state index is -0.205. The molecule has 4 heteroatoms. The lowest BCUT2D eigenvalue weighted by atomic mass is 10.0. The molecule has 1 amide bonds. The Hall–Kier alpha value is -2.10. The van der Waals surface area contributed by atoms with Gasteiger partial charge in [-0.05, 0) is 18.1 Å². The van der Waals surface area contributed by atoms with E-state index in [1.165, 1.54) is 6.92 Å². The number of carbonyl (C=O) groups excluding carboxylic acids is 1. The maximum absolute atomic E-state index is 11.4. The number of nitrogens with zero attached hydrogens (tertiary/aromatic N) is 2. The molecule has 0 spiro atoms. The number of nitrogens with one attached hydrogen (secondary N) is 1. The van der Waals surface area contributed by atoms with Crippen LogP contribution in [-0.2, 0) is 11.8 Å². The van der Waals surface area contributed by atoms with Crippen molar-refractivity contribution in [1.82, 2.24) is 14.9 Å². The molecule has 18 heavy (non-hydrogen) atoms. The number of benzene rings is 1. The number of carbonyl (C=O) groups is 1. The minimum Gasteiger partial charge on any atom is -0.342 e. The first-order chi connectivity index (χ1) is 8.59. The summed E-state index contributed by atoms with van der Waals surface area (Å²) in [5.41, 5.74) is 2.21. The average Bonchev–Trinajstić information content (AvgIpc) is 2.73. The van der Waals surface area contributed by atoms with E-state index in [1.807, 2.05) is 49.0 Å². The molecule has 1 heterocycles. The first kappa shape index (κ1) is 12.4. The zero-order valence-electron chi connectivity index (χ0n) is 10.8. The van der Waals surface area contributed by atoms with Gasteiger partial charge < -0.3 is 9.88 Å². The van der Waals surface area contributed by atoms with Crippen LogP contribution in [0.1, 0.15) is 29.9 Å². The Balaban J connectivity index is 2.47. The summed E-state index contributed by atoms with van der Waals surface area (Å²) < 4.78 is 1.92. The molecule has 0 radical (unpaired) electrons. The fourth-order valence-corrected chi connectivity index (χ4v) is 2.05. The quantitative estimate of drug-likeness (QED) is 0.895. The fraction of sp³-hybridized carbons (Fsp3) is 0.286. The van der Waals surface area contributed by atoms with E-state index < -0.39 is 0 Å². The van der Waals surface area contributed by atoms with Crippen LogP contribution < -0.4 is 5.32 Å². The lowest BCUT2D eigenvalue weighted by Crippen LogP contribution is -2.29. The van der Waals surface area contributed by atoms with E-state index in [4.69, 9.17) is 0 Å². The topological polar surface area (TPSA) is 46.9 Å². The zero-order chi connectivity index (χ0) is 13.1. The van der Waals surface area contributed by atoms with Gasteiger partial charge in [0.25, 0.3) is 0 Å². The lowest BCUT2D eigenvalue weighted by Gasteiger charge is -2.20. The predicted octanol–water partition coefficient (Wildman–Crippen LogP) is 1.95. The average molecular weight is 243 g/mol. The van der Waals surface area contributed by atoms with Gasteiger partial charge >= 0.3 is 0 Å². The van der Waals surface area contributed by atoms with Gasteiger partial charge in [0.05, 0.1) is 0 Å². The van der Waals surface area contributed by atoms with Crippen molar-refractivity contribution in [2.75, 3.05) is 0 Å². The molecule has 2 rings (SSSR count). The summed E-state index contributed by atoms with van der Waals surface area (Å²) >= 11 is 0. The molecule has 0 bridgehead atoms. The maximum Gasteiger partial charge on any atom is 0.217 e. The second-order valence-electron chi connectivity index (χ2n) is 4.39. The molecule has 1 unspecified atom stereocenters. The molecule has 1 N–H and O–H groups in total. The van der Waals surface area contributed by atoms with Crippen LogP contribution in [0.5, 0.6) is 0 Å². The van der Waals surface area contributed by atoms with Gasteiger partial charge in [-0.1, -0.05) is 24.3 Å². The van der Waals surface area contributed by atoms with Crippen LogP contribution in [0.2, 0.25) is 0 Å². The number of aryl methyl sites for hydroxylation is 2. The van der Waals surface area contributed by atoms with Crippen molar-refractivity contribution in [1.29, 1.82) is 0 Å². The number of hydrogen-bond donors (Lipinski definition) is 1. The molecular weight excluding hydrogens is 226 g/mol. The highest BCUT2D eigenvalue weighted by Gasteiger charge is 2.20. The molecule has 1 aromatic heterocycles. The Morgan fingerprint density at radius 2 is 2.11 bits per heavy atom. The zero-order valence-corrected chi connectivity index (χ0v) is 10.8. The highest BCUT2D eigenvalue weighted by atomic mass is 16.1. The number of hydrogen-bond acceptors (Lipinski definition) is 2. The predicted molar refractivity (Wildman–Crippen MR) is 70.0 cm³/mol. The van der Waals surface area contributed by atoms with E-state index in [0.717, 1.165) is 17.0 Å². The maximum atomic E-state index is 11.4. The number of amides is 1. The van der Waals surface area contributed by atoms with Crippen LogP contribution in [-0.4, -0.2) is 15.5 Å². The van der Waals surface area contributed by atoms with Crippen molar-refractivity contribution in [3.63, 3.8) is 0 Å². The summed E-state index contributed by atoms with van der Waals surface area (Å²) in [6.07, 6.45) is 3.62. The summed E-state index contributed by atoms with van der Waals surface area (Å²) in [4.78, 5) is 15.7. The van der Waals surface area contributed by atoms with Gasteiger partial charge in [-0.3, -0.25) is 4.79 Å². The lowest BCUT2D eigenvalue weighted by molar-refractivity contribution is -0.119. The molecular formula is C14H17N3O. The van der Waals surface area contributed by atoms with Gasteiger partial charge in [-0.2, -0.15) is 0 Å². The van der Waals surface area contributed by atoms with Gasteiger partial charge in [0.1, 0.15) is 11.9 Å². The van der Waals surface area contributed by atoms with Crippen molar-refractivity contribution in [3.05, 3.63) is 53.6 Å². The highest BCUT2D eigenvalue weighted by Crippen LogP contribution is 2.23. The van der Waals surface area contributed by atoms with Crippen molar-refractivity contribution in [2.45, 2.75) is 19.9 Å². The van der Waals surface area contributed by atoms with Crippen molar-refractivity contribution in [3.8, 4) is 0 Å². The Bertz CT molecular complexity index is 560.